The van der Waals surface area contributed by atoms with Crippen LogP contribution in [0.15, 0.2) is 53.4 Å². The number of anilines is 2. The van der Waals surface area contributed by atoms with E-state index in [2.05, 4.69) is 10.0 Å². The molecule has 1 saturated heterocycles. The number of sulfonamides is 1. The van der Waals surface area contributed by atoms with E-state index in [-0.39, 0.29) is 10.9 Å². The molecule has 0 bridgehead atoms. The van der Waals surface area contributed by atoms with Crippen molar-refractivity contribution in [2.45, 2.75) is 18.2 Å². The van der Waals surface area contributed by atoms with E-state index in [9.17, 15) is 13.2 Å². The topological polar surface area (TPSA) is 78.5 Å². The lowest BCUT2D eigenvalue weighted by molar-refractivity contribution is 0.243. The predicted octanol–water partition coefficient (Wildman–Crippen LogP) is 2.72. The fourth-order valence-electron chi connectivity index (χ4n) is 2.58. The highest BCUT2D eigenvalue weighted by Gasteiger charge is 2.19. The molecule has 126 valence electrons. The number of aryl methyl sites for hydroxylation is 1. The second kappa shape index (κ2) is 6.52. The van der Waals surface area contributed by atoms with E-state index in [1.54, 1.807) is 47.4 Å². The first-order valence-corrected chi connectivity index (χ1v) is 9.19. The molecule has 7 heteroatoms. The van der Waals surface area contributed by atoms with Crippen molar-refractivity contribution in [2.24, 2.45) is 0 Å². The summed E-state index contributed by atoms with van der Waals surface area (Å²) in [6, 6.07) is 13.4. The van der Waals surface area contributed by atoms with Crippen LogP contribution in [0, 0.1) is 6.92 Å². The molecule has 0 spiro atoms. The Labute approximate surface area is 141 Å². The highest BCUT2D eigenvalue weighted by atomic mass is 32.2. The maximum atomic E-state index is 12.4. The predicted molar refractivity (Wildman–Crippen MR) is 93.8 cm³/mol. The fourth-order valence-corrected chi connectivity index (χ4v) is 3.74. The van der Waals surface area contributed by atoms with E-state index in [0.717, 1.165) is 17.7 Å². The number of benzene rings is 2. The van der Waals surface area contributed by atoms with Crippen molar-refractivity contribution in [1.82, 2.24) is 5.32 Å². The lowest BCUT2D eigenvalue weighted by Gasteiger charge is -2.27. The number of carbonyl (C=O) groups is 1. The van der Waals surface area contributed by atoms with Crippen LogP contribution in [-0.2, 0) is 10.0 Å². The molecule has 1 heterocycles. The van der Waals surface area contributed by atoms with Crippen molar-refractivity contribution < 1.29 is 13.2 Å². The first-order chi connectivity index (χ1) is 11.5. The molecule has 3 rings (SSSR count). The number of hydrogen-bond acceptors (Lipinski definition) is 3. The second-order valence-corrected chi connectivity index (χ2v) is 7.39. The fraction of sp³-hybridized carbons (Fsp3) is 0.235. The molecule has 1 aliphatic rings. The normalized spacial score (nSPS) is 15.0. The summed E-state index contributed by atoms with van der Waals surface area (Å²) < 4.78 is 27.4. The second-order valence-electron chi connectivity index (χ2n) is 5.71. The first kappa shape index (κ1) is 16.3. The van der Waals surface area contributed by atoms with E-state index in [4.69, 9.17) is 0 Å². The smallest absolute Gasteiger partial charge is 0.321 e. The number of hydrogen-bond donors (Lipinski definition) is 2. The molecule has 0 saturated carbocycles. The monoisotopic (exact) mass is 345 g/mol. The average molecular weight is 345 g/mol. The number of carbonyl (C=O) groups excluding carboxylic acids is 1. The third kappa shape index (κ3) is 3.51. The molecule has 2 N–H and O–H groups in total. The molecule has 6 nitrogen and oxygen atoms in total. The SMILES string of the molecule is Cc1cccc(S(=O)(=O)Nc2ccc(N3CCCNC3=O)cc2)c1. The van der Waals surface area contributed by atoms with Crippen LogP contribution in [-0.4, -0.2) is 27.5 Å². The number of rotatable bonds is 4. The van der Waals surface area contributed by atoms with Gasteiger partial charge in [-0.15, -0.1) is 0 Å². The number of nitrogens with one attached hydrogen (secondary N) is 2. The van der Waals surface area contributed by atoms with Crippen LogP contribution >= 0.6 is 0 Å². The zero-order valence-corrected chi connectivity index (χ0v) is 14.1. The Kier molecular flexibility index (Phi) is 4.44. The molecule has 24 heavy (non-hydrogen) atoms. The van der Waals surface area contributed by atoms with Gasteiger partial charge in [0.25, 0.3) is 10.0 Å². The van der Waals surface area contributed by atoms with Gasteiger partial charge in [0.1, 0.15) is 0 Å². The summed E-state index contributed by atoms with van der Waals surface area (Å²) in [6.07, 6.45) is 0.882. The Morgan fingerprint density at radius 2 is 1.88 bits per heavy atom. The summed E-state index contributed by atoms with van der Waals surface area (Å²) in [7, 11) is -3.63. The minimum Gasteiger partial charge on any atom is -0.338 e. The highest BCUT2D eigenvalue weighted by molar-refractivity contribution is 7.92. The summed E-state index contributed by atoms with van der Waals surface area (Å²) in [4.78, 5) is 13.7. The van der Waals surface area contributed by atoms with Crippen molar-refractivity contribution in [3.8, 4) is 0 Å². The molecule has 1 aliphatic heterocycles. The lowest BCUT2D eigenvalue weighted by Crippen LogP contribution is -2.46. The van der Waals surface area contributed by atoms with Crippen molar-refractivity contribution >= 4 is 27.4 Å². The molecular weight excluding hydrogens is 326 g/mol. The molecule has 1 fully saturated rings. The first-order valence-electron chi connectivity index (χ1n) is 7.71. The van der Waals surface area contributed by atoms with Gasteiger partial charge in [-0.05, 0) is 55.3 Å². The molecule has 0 atom stereocenters. The van der Waals surface area contributed by atoms with E-state index in [0.29, 0.717) is 18.8 Å². The number of urea groups is 1. The highest BCUT2D eigenvalue weighted by Crippen LogP contribution is 2.22. The molecular formula is C17H19N3O3S. The van der Waals surface area contributed by atoms with Crippen molar-refractivity contribution in [3.63, 3.8) is 0 Å². The third-order valence-electron chi connectivity index (χ3n) is 3.81. The summed E-state index contributed by atoms with van der Waals surface area (Å²) in [5.74, 6) is 0. The molecule has 2 amide bonds. The van der Waals surface area contributed by atoms with Crippen LogP contribution in [0.25, 0.3) is 0 Å². The van der Waals surface area contributed by atoms with Crippen molar-refractivity contribution in [1.29, 1.82) is 0 Å². The quantitative estimate of drug-likeness (QED) is 0.894. The summed E-state index contributed by atoms with van der Waals surface area (Å²) in [6.45, 7) is 3.18. The van der Waals surface area contributed by atoms with E-state index >= 15 is 0 Å². The van der Waals surface area contributed by atoms with E-state index in [1.807, 2.05) is 13.0 Å². The number of amides is 2. The summed E-state index contributed by atoms with van der Waals surface area (Å²) in [5.41, 5.74) is 2.08. The van der Waals surface area contributed by atoms with Crippen LogP contribution in [0.1, 0.15) is 12.0 Å². The Hall–Kier alpha value is -2.54. The van der Waals surface area contributed by atoms with Gasteiger partial charge in [0, 0.05) is 24.5 Å². The van der Waals surface area contributed by atoms with Gasteiger partial charge in [0.15, 0.2) is 0 Å². The van der Waals surface area contributed by atoms with Gasteiger partial charge < -0.3 is 5.32 Å². The van der Waals surface area contributed by atoms with Gasteiger partial charge in [0.05, 0.1) is 4.90 Å². The third-order valence-corrected chi connectivity index (χ3v) is 5.19. The van der Waals surface area contributed by atoms with Crippen LogP contribution in [0.5, 0.6) is 0 Å². The van der Waals surface area contributed by atoms with Gasteiger partial charge >= 0.3 is 6.03 Å². The van der Waals surface area contributed by atoms with E-state index < -0.39 is 10.0 Å². The molecule has 0 unspecified atom stereocenters. The van der Waals surface area contributed by atoms with Gasteiger partial charge in [0.2, 0.25) is 0 Å². The largest absolute Gasteiger partial charge is 0.338 e. The zero-order chi connectivity index (χ0) is 17.2. The van der Waals surface area contributed by atoms with Gasteiger partial charge in [-0.1, -0.05) is 12.1 Å². The van der Waals surface area contributed by atoms with Crippen LogP contribution in [0.3, 0.4) is 0 Å². The summed E-state index contributed by atoms with van der Waals surface area (Å²) in [5, 5.41) is 2.79. The average Bonchev–Trinajstić information content (AvgIpc) is 2.56. The Bertz CT molecular complexity index is 848. The van der Waals surface area contributed by atoms with Crippen LogP contribution in [0.2, 0.25) is 0 Å². The lowest BCUT2D eigenvalue weighted by atomic mass is 10.2. The van der Waals surface area contributed by atoms with Crippen LogP contribution < -0.4 is 14.9 Å². The molecule has 0 radical (unpaired) electrons. The molecule has 2 aromatic rings. The molecule has 0 aliphatic carbocycles. The van der Waals surface area contributed by atoms with Gasteiger partial charge in [-0.25, -0.2) is 13.2 Å². The Balaban J connectivity index is 1.77. The number of nitrogens with zero attached hydrogens (tertiary/aromatic N) is 1. The van der Waals surface area contributed by atoms with Crippen LogP contribution in [0.4, 0.5) is 16.2 Å². The summed E-state index contributed by atoms with van der Waals surface area (Å²) >= 11 is 0. The Morgan fingerprint density at radius 3 is 2.54 bits per heavy atom. The molecule has 0 aromatic heterocycles. The minimum absolute atomic E-state index is 0.130. The minimum atomic E-state index is -3.63. The van der Waals surface area contributed by atoms with Gasteiger partial charge in [-0.3, -0.25) is 9.62 Å². The maximum Gasteiger partial charge on any atom is 0.321 e. The van der Waals surface area contributed by atoms with Crippen molar-refractivity contribution in [2.75, 3.05) is 22.7 Å². The maximum absolute atomic E-state index is 12.4. The zero-order valence-electron chi connectivity index (χ0n) is 13.3. The van der Waals surface area contributed by atoms with Gasteiger partial charge in [-0.2, -0.15) is 0 Å². The standard InChI is InChI=1S/C17H19N3O3S/c1-13-4-2-5-16(12-13)24(22,23)19-14-6-8-15(9-7-14)20-11-3-10-18-17(20)21/h2,4-9,12,19H,3,10-11H2,1H3,(H,18,21). The molecule has 2 aromatic carbocycles. The van der Waals surface area contributed by atoms with Crippen molar-refractivity contribution in [3.05, 3.63) is 54.1 Å². The van der Waals surface area contributed by atoms with E-state index in [1.165, 1.54) is 0 Å². The Morgan fingerprint density at radius 1 is 1.12 bits per heavy atom.